The minimum atomic E-state index is 0.266. The van der Waals surface area contributed by atoms with Crippen molar-refractivity contribution in [3.05, 3.63) is 35.9 Å². The van der Waals surface area contributed by atoms with Gasteiger partial charge in [-0.2, -0.15) is 0 Å². The van der Waals surface area contributed by atoms with Crippen LogP contribution in [0, 0.1) is 5.92 Å². The summed E-state index contributed by atoms with van der Waals surface area (Å²) >= 11 is 0. The molecule has 1 aromatic carbocycles. The summed E-state index contributed by atoms with van der Waals surface area (Å²) in [6.07, 6.45) is 2.63. The fourth-order valence-electron chi connectivity index (χ4n) is 2.29. The first kappa shape index (κ1) is 12.1. The van der Waals surface area contributed by atoms with E-state index < -0.39 is 0 Å². The maximum Gasteiger partial charge on any atom is 0.222 e. The smallest absolute Gasteiger partial charge is 0.222 e. The van der Waals surface area contributed by atoms with Gasteiger partial charge in [0.1, 0.15) is 0 Å². The van der Waals surface area contributed by atoms with E-state index in [1.165, 1.54) is 5.56 Å². The second-order valence-corrected chi connectivity index (χ2v) is 4.71. The van der Waals surface area contributed by atoms with Crippen molar-refractivity contribution in [1.82, 2.24) is 4.90 Å². The number of rotatable bonds is 4. The van der Waals surface area contributed by atoms with Gasteiger partial charge in [0.25, 0.3) is 0 Å². The quantitative estimate of drug-likeness (QED) is 0.853. The minimum Gasteiger partial charge on any atom is -0.342 e. The predicted octanol–water partition coefficient (Wildman–Crippen LogP) is 1.43. The molecular weight excluding hydrogens is 212 g/mol. The molecule has 0 radical (unpaired) electrons. The number of hydrogen-bond acceptors (Lipinski definition) is 2. The van der Waals surface area contributed by atoms with Crippen molar-refractivity contribution in [3.8, 4) is 0 Å². The van der Waals surface area contributed by atoms with E-state index in [0.717, 1.165) is 25.9 Å². The standard InChI is InChI=1S/C14H20N2O/c15-11-13-7-9-16(14(17)10-13)8-6-12-4-2-1-3-5-12/h1-5,13H,6-11,15H2. The lowest BCUT2D eigenvalue weighted by atomic mass is 9.96. The molecule has 1 aliphatic heterocycles. The molecule has 0 saturated carbocycles. The Bertz CT molecular complexity index is 364. The van der Waals surface area contributed by atoms with E-state index in [0.29, 0.717) is 18.9 Å². The number of piperidine rings is 1. The summed E-state index contributed by atoms with van der Waals surface area (Å²) in [6, 6.07) is 10.3. The van der Waals surface area contributed by atoms with Crippen LogP contribution in [0.1, 0.15) is 18.4 Å². The van der Waals surface area contributed by atoms with E-state index in [2.05, 4.69) is 12.1 Å². The molecule has 0 bridgehead atoms. The van der Waals surface area contributed by atoms with Gasteiger partial charge < -0.3 is 10.6 Å². The fourth-order valence-corrected chi connectivity index (χ4v) is 2.29. The second-order valence-electron chi connectivity index (χ2n) is 4.71. The highest BCUT2D eigenvalue weighted by Gasteiger charge is 2.24. The van der Waals surface area contributed by atoms with Gasteiger partial charge >= 0.3 is 0 Å². The summed E-state index contributed by atoms with van der Waals surface area (Å²) in [7, 11) is 0. The summed E-state index contributed by atoms with van der Waals surface area (Å²) in [5.41, 5.74) is 6.90. The molecular formula is C14H20N2O. The highest BCUT2D eigenvalue weighted by molar-refractivity contribution is 5.77. The normalized spacial score (nSPS) is 20.6. The van der Waals surface area contributed by atoms with Crippen LogP contribution in [0.3, 0.4) is 0 Å². The summed E-state index contributed by atoms with van der Waals surface area (Å²) < 4.78 is 0. The molecule has 2 rings (SSSR count). The van der Waals surface area contributed by atoms with Crippen LogP contribution in [-0.4, -0.2) is 30.4 Å². The molecule has 0 spiro atoms. The van der Waals surface area contributed by atoms with E-state index in [-0.39, 0.29) is 5.91 Å². The number of carbonyl (C=O) groups is 1. The molecule has 1 amide bonds. The first-order chi connectivity index (χ1) is 8.29. The topological polar surface area (TPSA) is 46.3 Å². The highest BCUT2D eigenvalue weighted by atomic mass is 16.2. The Morgan fingerprint density at radius 2 is 2.06 bits per heavy atom. The Morgan fingerprint density at radius 1 is 1.29 bits per heavy atom. The number of likely N-dealkylation sites (tertiary alicyclic amines) is 1. The van der Waals surface area contributed by atoms with Crippen LogP contribution in [0.15, 0.2) is 30.3 Å². The molecule has 0 aromatic heterocycles. The lowest BCUT2D eigenvalue weighted by molar-refractivity contribution is -0.134. The number of hydrogen-bond donors (Lipinski definition) is 1. The van der Waals surface area contributed by atoms with Crippen molar-refractivity contribution >= 4 is 5.91 Å². The summed E-state index contributed by atoms with van der Waals surface area (Å²) in [5, 5.41) is 0. The van der Waals surface area contributed by atoms with E-state index in [1.807, 2.05) is 23.1 Å². The molecule has 0 aliphatic carbocycles. The SMILES string of the molecule is NCC1CCN(CCc2ccccc2)C(=O)C1. The van der Waals surface area contributed by atoms with Gasteiger partial charge in [0, 0.05) is 19.5 Å². The van der Waals surface area contributed by atoms with Gasteiger partial charge in [-0.05, 0) is 30.9 Å². The van der Waals surface area contributed by atoms with E-state index in [4.69, 9.17) is 5.73 Å². The van der Waals surface area contributed by atoms with Gasteiger partial charge in [-0.1, -0.05) is 30.3 Å². The van der Waals surface area contributed by atoms with Gasteiger partial charge in [0.05, 0.1) is 0 Å². The molecule has 1 unspecified atom stereocenters. The van der Waals surface area contributed by atoms with Crippen molar-refractivity contribution in [2.24, 2.45) is 11.7 Å². The molecule has 1 saturated heterocycles. The molecule has 92 valence electrons. The fraction of sp³-hybridized carbons (Fsp3) is 0.500. The van der Waals surface area contributed by atoms with Gasteiger partial charge in [-0.15, -0.1) is 0 Å². The Kier molecular flexibility index (Phi) is 4.15. The largest absolute Gasteiger partial charge is 0.342 e. The average Bonchev–Trinajstić information content (AvgIpc) is 2.38. The molecule has 1 heterocycles. The summed E-state index contributed by atoms with van der Waals surface area (Å²) in [4.78, 5) is 13.8. The Balaban J connectivity index is 1.82. The van der Waals surface area contributed by atoms with Crippen LogP contribution in [0.2, 0.25) is 0 Å². The molecule has 1 atom stereocenters. The Hall–Kier alpha value is -1.35. The molecule has 3 nitrogen and oxygen atoms in total. The maximum atomic E-state index is 11.9. The molecule has 1 aromatic rings. The molecule has 3 heteroatoms. The van der Waals surface area contributed by atoms with E-state index in [1.54, 1.807) is 0 Å². The minimum absolute atomic E-state index is 0.266. The predicted molar refractivity (Wildman–Crippen MR) is 68.5 cm³/mol. The average molecular weight is 232 g/mol. The van der Waals surface area contributed by atoms with Crippen molar-refractivity contribution in [2.45, 2.75) is 19.3 Å². The lowest BCUT2D eigenvalue weighted by Gasteiger charge is -2.31. The zero-order valence-electron chi connectivity index (χ0n) is 10.1. The number of carbonyl (C=O) groups excluding carboxylic acids is 1. The van der Waals surface area contributed by atoms with Crippen LogP contribution in [0.5, 0.6) is 0 Å². The van der Waals surface area contributed by atoms with Crippen molar-refractivity contribution < 1.29 is 4.79 Å². The highest BCUT2D eigenvalue weighted by Crippen LogP contribution is 2.17. The molecule has 1 aliphatic rings. The van der Waals surface area contributed by atoms with Gasteiger partial charge in [0.2, 0.25) is 5.91 Å². The van der Waals surface area contributed by atoms with Gasteiger partial charge in [-0.25, -0.2) is 0 Å². The van der Waals surface area contributed by atoms with E-state index in [9.17, 15) is 4.79 Å². The van der Waals surface area contributed by atoms with Crippen molar-refractivity contribution in [1.29, 1.82) is 0 Å². The monoisotopic (exact) mass is 232 g/mol. The number of nitrogens with two attached hydrogens (primary N) is 1. The Morgan fingerprint density at radius 3 is 2.71 bits per heavy atom. The van der Waals surface area contributed by atoms with Crippen molar-refractivity contribution in [2.75, 3.05) is 19.6 Å². The summed E-state index contributed by atoms with van der Waals surface area (Å²) in [5.74, 6) is 0.665. The third kappa shape index (κ3) is 3.30. The molecule has 1 fully saturated rings. The zero-order valence-corrected chi connectivity index (χ0v) is 10.1. The van der Waals surface area contributed by atoms with Gasteiger partial charge in [-0.3, -0.25) is 4.79 Å². The number of amides is 1. The van der Waals surface area contributed by atoms with Gasteiger partial charge in [0.15, 0.2) is 0 Å². The number of benzene rings is 1. The molecule has 2 N–H and O–H groups in total. The van der Waals surface area contributed by atoms with Crippen LogP contribution in [-0.2, 0) is 11.2 Å². The van der Waals surface area contributed by atoms with Crippen LogP contribution >= 0.6 is 0 Å². The van der Waals surface area contributed by atoms with Crippen LogP contribution in [0.4, 0.5) is 0 Å². The first-order valence-corrected chi connectivity index (χ1v) is 6.31. The van der Waals surface area contributed by atoms with E-state index >= 15 is 0 Å². The maximum absolute atomic E-state index is 11.9. The van der Waals surface area contributed by atoms with Crippen molar-refractivity contribution in [3.63, 3.8) is 0 Å². The van der Waals surface area contributed by atoms with Crippen LogP contribution in [0.25, 0.3) is 0 Å². The molecule has 17 heavy (non-hydrogen) atoms. The zero-order chi connectivity index (χ0) is 12.1. The number of nitrogens with zero attached hydrogens (tertiary/aromatic N) is 1. The lowest BCUT2D eigenvalue weighted by Crippen LogP contribution is -2.41. The van der Waals surface area contributed by atoms with Crippen LogP contribution < -0.4 is 5.73 Å². The Labute approximate surface area is 103 Å². The second kappa shape index (κ2) is 5.82. The first-order valence-electron chi connectivity index (χ1n) is 6.31. The summed E-state index contributed by atoms with van der Waals surface area (Å²) in [6.45, 7) is 2.34. The third-order valence-electron chi connectivity index (χ3n) is 3.47. The third-order valence-corrected chi connectivity index (χ3v) is 3.47.